The number of thiophene rings is 1. The van der Waals surface area contributed by atoms with Crippen molar-refractivity contribution in [2.24, 2.45) is 5.41 Å². The number of carboxylic acid groups (broad SMARTS) is 1. The molecule has 0 spiro atoms. The maximum absolute atomic E-state index is 12.1. The molecule has 0 fully saturated rings. The smallest absolute Gasteiger partial charge is 0.337 e. The molecule has 132 valence electrons. The zero-order chi connectivity index (χ0) is 18.9. The predicted molar refractivity (Wildman–Crippen MR) is 106 cm³/mol. The van der Waals surface area contributed by atoms with E-state index < -0.39 is 5.97 Å². The van der Waals surface area contributed by atoms with E-state index >= 15 is 0 Å². The van der Waals surface area contributed by atoms with E-state index in [1.807, 2.05) is 6.07 Å². The van der Waals surface area contributed by atoms with Gasteiger partial charge in [0.25, 0.3) is 0 Å². The van der Waals surface area contributed by atoms with Crippen LogP contribution in [0.5, 0.6) is 0 Å². The number of anilines is 1. The Bertz CT molecular complexity index is 896. The molecule has 2 aromatic rings. The minimum atomic E-state index is -0.901. The van der Waals surface area contributed by atoms with Gasteiger partial charge < -0.3 is 10.4 Å². The average Bonchev–Trinajstić information content (AvgIpc) is 2.97. The van der Waals surface area contributed by atoms with Crippen LogP contribution in [0.25, 0.3) is 10.4 Å². The van der Waals surface area contributed by atoms with Gasteiger partial charge in [0.2, 0.25) is 0 Å². The number of carboxylic acids is 1. The largest absolute Gasteiger partial charge is 0.478 e. The molecule has 1 aliphatic rings. The van der Waals surface area contributed by atoms with Gasteiger partial charge in [-0.2, -0.15) is 5.26 Å². The molecule has 0 saturated carbocycles. The van der Waals surface area contributed by atoms with Crippen molar-refractivity contribution in [1.82, 2.24) is 0 Å². The van der Waals surface area contributed by atoms with Crippen LogP contribution in [0.1, 0.15) is 46.6 Å². The van der Waals surface area contributed by atoms with E-state index in [1.165, 1.54) is 0 Å². The first-order chi connectivity index (χ1) is 12.4. The van der Waals surface area contributed by atoms with Crippen molar-refractivity contribution in [3.05, 3.63) is 39.8 Å². The summed E-state index contributed by atoms with van der Waals surface area (Å²) in [5.41, 5.74) is 3.55. The van der Waals surface area contributed by atoms with Crippen molar-refractivity contribution in [3.63, 3.8) is 0 Å². The second-order valence-electron chi connectivity index (χ2n) is 7.44. The van der Waals surface area contributed by atoms with Crippen LogP contribution < -0.4 is 5.32 Å². The molecule has 0 bridgehead atoms. The molecule has 0 saturated heterocycles. The summed E-state index contributed by atoms with van der Waals surface area (Å²) in [6.45, 7) is 4.95. The summed E-state index contributed by atoms with van der Waals surface area (Å²) in [5.74, 6) is -0.901. The van der Waals surface area contributed by atoms with Crippen molar-refractivity contribution < 1.29 is 9.90 Å². The fourth-order valence-electron chi connectivity index (χ4n) is 3.50. The molecule has 1 aliphatic carbocycles. The summed E-state index contributed by atoms with van der Waals surface area (Å²) in [6.07, 6.45) is 3.19. The molecule has 2 radical (unpaired) electrons. The molecule has 0 aliphatic heterocycles. The van der Waals surface area contributed by atoms with Crippen LogP contribution in [-0.2, 0) is 12.8 Å². The first-order valence-electron chi connectivity index (χ1n) is 8.72. The summed E-state index contributed by atoms with van der Waals surface area (Å²) in [5, 5.41) is 22.5. The number of carbonyl (C=O) groups is 1. The first kappa shape index (κ1) is 18.5. The van der Waals surface area contributed by atoms with Crippen molar-refractivity contribution in [3.8, 4) is 16.5 Å². The molecule has 1 heterocycles. The summed E-state index contributed by atoms with van der Waals surface area (Å²) < 4.78 is 0. The number of hydrogen-bond acceptors (Lipinski definition) is 4. The highest BCUT2D eigenvalue weighted by Crippen LogP contribution is 2.46. The first-order valence-corrected chi connectivity index (χ1v) is 9.54. The maximum atomic E-state index is 12.1. The van der Waals surface area contributed by atoms with Crippen LogP contribution in [0.3, 0.4) is 0 Å². The number of rotatable bonds is 5. The van der Waals surface area contributed by atoms with E-state index in [-0.39, 0.29) is 5.41 Å². The van der Waals surface area contributed by atoms with Gasteiger partial charge in [0, 0.05) is 22.7 Å². The van der Waals surface area contributed by atoms with Crippen LogP contribution in [0.2, 0.25) is 6.32 Å². The van der Waals surface area contributed by atoms with Crippen LogP contribution >= 0.6 is 11.3 Å². The van der Waals surface area contributed by atoms with Crippen LogP contribution in [-0.4, -0.2) is 25.5 Å². The Hall–Kier alpha value is -2.26. The standard InChI is InChI=1S/C20H21BN2O2S/c1-20(2)6-5-16-14(10-20)17(19(24)25)18(26-16)13-9-12(11-22)3-4-15(13)23-8-7-21/h3-4,9,23H,5-8,10H2,1-2H3,(H,24,25). The second-order valence-corrected chi connectivity index (χ2v) is 8.55. The zero-order valence-electron chi connectivity index (χ0n) is 15.1. The Balaban J connectivity index is 2.20. The molecule has 0 unspecified atom stereocenters. The Morgan fingerprint density at radius 1 is 1.46 bits per heavy atom. The van der Waals surface area contributed by atoms with E-state index in [2.05, 4.69) is 25.2 Å². The lowest BCUT2D eigenvalue weighted by atomic mass is 9.76. The average molecular weight is 364 g/mol. The molecular weight excluding hydrogens is 343 g/mol. The third-order valence-electron chi connectivity index (χ3n) is 4.84. The van der Waals surface area contributed by atoms with E-state index in [1.54, 1.807) is 23.5 Å². The van der Waals surface area contributed by atoms with Crippen molar-refractivity contribution in [2.45, 2.75) is 39.4 Å². The quantitative estimate of drug-likeness (QED) is 0.767. The lowest BCUT2D eigenvalue weighted by Crippen LogP contribution is -2.22. The van der Waals surface area contributed by atoms with E-state index in [0.717, 1.165) is 45.8 Å². The Labute approximate surface area is 159 Å². The summed E-state index contributed by atoms with van der Waals surface area (Å²) in [4.78, 5) is 14.0. The minimum absolute atomic E-state index is 0.102. The molecule has 1 aromatic heterocycles. The van der Waals surface area contributed by atoms with E-state index in [4.69, 9.17) is 7.85 Å². The Morgan fingerprint density at radius 2 is 2.23 bits per heavy atom. The van der Waals surface area contributed by atoms with Gasteiger partial charge >= 0.3 is 5.97 Å². The van der Waals surface area contributed by atoms with Gasteiger partial charge in [0.05, 0.1) is 29.9 Å². The molecule has 1 aromatic carbocycles. The molecule has 6 heteroatoms. The van der Waals surface area contributed by atoms with Crippen LogP contribution in [0.4, 0.5) is 5.69 Å². The maximum Gasteiger partial charge on any atom is 0.337 e. The lowest BCUT2D eigenvalue weighted by molar-refractivity contribution is 0.0696. The minimum Gasteiger partial charge on any atom is -0.478 e. The number of aromatic carboxylic acids is 1. The zero-order valence-corrected chi connectivity index (χ0v) is 15.9. The number of nitriles is 1. The van der Waals surface area contributed by atoms with Crippen molar-refractivity contribution in [2.75, 3.05) is 11.9 Å². The monoisotopic (exact) mass is 364 g/mol. The summed E-state index contributed by atoms with van der Waals surface area (Å²) in [7, 11) is 5.60. The topological polar surface area (TPSA) is 73.1 Å². The Morgan fingerprint density at radius 3 is 2.88 bits per heavy atom. The number of benzene rings is 1. The van der Waals surface area contributed by atoms with Gasteiger partial charge in [-0.05, 0) is 48.4 Å². The number of nitrogens with one attached hydrogen (secondary N) is 1. The third-order valence-corrected chi connectivity index (χ3v) is 6.17. The van der Waals surface area contributed by atoms with Gasteiger partial charge in [-0.25, -0.2) is 4.79 Å². The summed E-state index contributed by atoms with van der Waals surface area (Å²) in [6, 6.07) is 7.49. The highest BCUT2D eigenvalue weighted by Gasteiger charge is 2.33. The highest BCUT2D eigenvalue weighted by atomic mass is 32.1. The molecule has 4 nitrogen and oxygen atoms in total. The van der Waals surface area contributed by atoms with E-state index in [0.29, 0.717) is 24.0 Å². The van der Waals surface area contributed by atoms with Crippen molar-refractivity contribution >= 4 is 30.8 Å². The highest BCUT2D eigenvalue weighted by molar-refractivity contribution is 7.16. The van der Waals surface area contributed by atoms with E-state index in [9.17, 15) is 15.2 Å². The summed E-state index contributed by atoms with van der Waals surface area (Å²) >= 11 is 1.55. The van der Waals surface area contributed by atoms with Crippen molar-refractivity contribution in [1.29, 1.82) is 5.26 Å². The fraction of sp³-hybridized carbons (Fsp3) is 0.400. The normalized spacial score (nSPS) is 15.1. The molecular formula is C20H21BN2O2S. The van der Waals surface area contributed by atoms with Gasteiger partial charge in [-0.3, -0.25) is 0 Å². The number of fused-ring (bicyclic) bond motifs is 1. The van der Waals surface area contributed by atoms with Gasteiger partial charge in [0.1, 0.15) is 0 Å². The third kappa shape index (κ3) is 3.49. The number of nitrogens with zero attached hydrogens (tertiary/aromatic N) is 1. The Kier molecular flexibility index (Phi) is 5.11. The fourth-order valence-corrected chi connectivity index (χ4v) is 4.84. The number of hydrogen-bond donors (Lipinski definition) is 2. The predicted octanol–water partition coefficient (Wildman–Crippen LogP) is 4.50. The molecule has 3 rings (SSSR count). The lowest BCUT2D eigenvalue weighted by Gasteiger charge is -2.29. The second kappa shape index (κ2) is 7.16. The molecule has 2 N–H and O–H groups in total. The molecule has 0 amide bonds. The van der Waals surface area contributed by atoms with Gasteiger partial charge in [0.15, 0.2) is 0 Å². The van der Waals surface area contributed by atoms with Gasteiger partial charge in [-0.15, -0.1) is 11.3 Å². The van der Waals surface area contributed by atoms with Crippen LogP contribution in [0, 0.1) is 16.7 Å². The number of aryl methyl sites for hydroxylation is 1. The SMILES string of the molecule is [B]CCNc1ccc(C#N)cc1-c1sc2c(c1C(=O)O)CC(C)(C)CC2. The molecule has 0 atom stereocenters. The van der Waals surface area contributed by atoms with Gasteiger partial charge in [-0.1, -0.05) is 20.2 Å². The van der Waals surface area contributed by atoms with Crippen LogP contribution in [0.15, 0.2) is 18.2 Å². The molecule has 26 heavy (non-hydrogen) atoms.